The summed E-state index contributed by atoms with van der Waals surface area (Å²) in [6.07, 6.45) is 10.1. The Morgan fingerprint density at radius 2 is 1.63 bits per heavy atom. The first-order chi connectivity index (χ1) is 14.6. The maximum atomic E-state index is 6.11. The molecule has 0 aromatic heterocycles. The lowest BCUT2D eigenvalue weighted by molar-refractivity contribution is 0.350. The molecule has 0 saturated heterocycles. The van der Waals surface area contributed by atoms with Crippen molar-refractivity contribution in [3.8, 4) is 22.3 Å². The normalized spacial score (nSPS) is 26.0. The second-order valence-electron chi connectivity index (χ2n) is 9.17. The highest BCUT2D eigenvalue weighted by Crippen LogP contribution is 2.54. The maximum absolute atomic E-state index is 6.11. The fourth-order valence-corrected chi connectivity index (χ4v) is 5.74. The highest BCUT2D eigenvalue weighted by Gasteiger charge is 2.41. The van der Waals surface area contributed by atoms with E-state index >= 15 is 0 Å². The van der Waals surface area contributed by atoms with Gasteiger partial charge >= 0.3 is 0 Å². The molecule has 5 rings (SSSR count). The van der Waals surface area contributed by atoms with E-state index in [2.05, 4.69) is 80.6 Å². The summed E-state index contributed by atoms with van der Waals surface area (Å²) in [6.45, 7) is 4.73. The van der Waals surface area contributed by atoms with Crippen LogP contribution in [0.25, 0.3) is 22.3 Å². The molecule has 3 unspecified atom stereocenters. The van der Waals surface area contributed by atoms with Crippen LogP contribution < -0.4 is 0 Å². The van der Waals surface area contributed by atoms with Gasteiger partial charge < -0.3 is 0 Å². The lowest BCUT2D eigenvalue weighted by Gasteiger charge is -2.33. The smallest absolute Gasteiger partial charge is 0.0406 e. The molecule has 0 saturated carbocycles. The molecule has 1 spiro atoms. The first-order valence-corrected chi connectivity index (χ1v) is 11.7. The van der Waals surface area contributed by atoms with Gasteiger partial charge in [0.1, 0.15) is 0 Å². The molecule has 30 heavy (non-hydrogen) atoms. The van der Waals surface area contributed by atoms with Crippen molar-refractivity contribution >= 4 is 11.6 Å². The monoisotopic (exact) mass is 412 g/mol. The molecule has 2 aliphatic carbocycles. The van der Waals surface area contributed by atoms with Crippen molar-refractivity contribution in [2.75, 3.05) is 0 Å². The van der Waals surface area contributed by atoms with Crippen molar-refractivity contribution < 1.29 is 0 Å². The van der Waals surface area contributed by atoms with Gasteiger partial charge in [0.15, 0.2) is 0 Å². The predicted octanol–water partition coefficient (Wildman–Crippen LogP) is 8.68. The van der Waals surface area contributed by atoms with Crippen molar-refractivity contribution in [1.82, 2.24) is 0 Å². The van der Waals surface area contributed by atoms with E-state index in [1.165, 1.54) is 59.1 Å². The van der Waals surface area contributed by atoms with Crippen LogP contribution in [0.5, 0.6) is 0 Å². The summed E-state index contributed by atoms with van der Waals surface area (Å²) in [5.74, 6) is 1.45. The van der Waals surface area contributed by atoms with Crippen LogP contribution in [0.1, 0.15) is 50.7 Å². The number of halogens is 1. The second kappa shape index (κ2) is 7.75. The summed E-state index contributed by atoms with van der Waals surface area (Å²) in [7, 11) is 0. The van der Waals surface area contributed by atoms with E-state index < -0.39 is 0 Å². The lowest BCUT2D eigenvalue weighted by Crippen LogP contribution is -2.26. The van der Waals surface area contributed by atoms with Crippen molar-refractivity contribution in [3.63, 3.8) is 0 Å². The fourth-order valence-electron chi connectivity index (χ4n) is 5.62. The van der Waals surface area contributed by atoms with E-state index in [9.17, 15) is 0 Å². The minimum absolute atomic E-state index is 0.00650. The summed E-state index contributed by atoms with van der Waals surface area (Å²) < 4.78 is 0. The minimum atomic E-state index is 0.00650. The largest absolute Gasteiger partial charge is 0.0845 e. The van der Waals surface area contributed by atoms with E-state index in [-0.39, 0.29) is 5.41 Å². The van der Waals surface area contributed by atoms with Crippen molar-refractivity contribution in [2.24, 2.45) is 11.8 Å². The van der Waals surface area contributed by atoms with Crippen LogP contribution in [-0.2, 0) is 5.41 Å². The average molecular weight is 413 g/mol. The Morgan fingerprint density at radius 3 is 2.43 bits per heavy atom. The summed E-state index contributed by atoms with van der Waals surface area (Å²) in [5, 5.41) is 0.781. The van der Waals surface area contributed by atoms with Gasteiger partial charge in [-0.25, -0.2) is 0 Å². The first kappa shape index (κ1) is 19.6. The summed E-state index contributed by atoms with van der Waals surface area (Å²) in [5.41, 5.74) is 8.22. The van der Waals surface area contributed by atoms with Crippen LogP contribution in [0, 0.1) is 11.8 Å². The molecule has 0 nitrogen and oxygen atoms in total. The molecule has 0 N–H and O–H groups in total. The van der Waals surface area contributed by atoms with Crippen LogP contribution in [0.3, 0.4) is 0 Å². The average Bonchev–Trinajstić information content (AvgIpc) is 3.04. The second-order valence-corrected chi connectivity index (χ2v) is 9.61. The SMILES string of the molecule is CCC1CCC2(/C=C/C(C)C1)c1ccccc1-c1cc(-c3ccc(Cl)cc3)ccc12. The van der Waals surface area contributed by atoms with Crippen LogP contribution >= 0.6 is 11.6 Å². The predicted molar refractivity (Wildman–Crippen MR) is 129 cm³/mol. The van der Waals surface area contributed by atoms with Crippen LogP contribution in [-0.4, -0.2) is 0 Å². The molecule has 0 fully saturated rings. The first-order valence-electron chi connectivity index (χ1n) is 11.3. The van der Waals surface area contributed by atoms with Gasteiger partial charge in [-0.1, -0.05) is 92.6 Å². The number of benzene rings is 3. The van der Waals surface area contributed by atoms with Crippen molar-refractivity contribution in [1.29, 1.82) is 0 Å². The standard InChI is InChI=1S/C29H29Cl/c1-3-21-15-17-29(16-14-20(2)18-21)27-7-5-4-6-25(27)26-19-23(10-13-28(26)29)22-8-11-24(30)12-9-22/h4-14,16,19-21H,3,15,17-18H2,1-2H3/b16-14+. The number of rotatable bonds is 2. The zero-order valence-corrected chi connectivity index (χ0v) is 18.6. The van der Waals surface area contributed by atoms with E-state index in [0.29, 0.717) is 5.92 Å². The third kappa shape index (κ3) is 3.22. The third-order valence-electron chi connectivity index (χ3n) is 7.31. The molecular weight excluding hydrogens is 384 g/mol. The summed E-state index contributed by atoms with van der Waals surface area (Å²) in [4.78, 5) is 0. The summed E-state index contributed by atoms with van der Waals surface area (Å²) in [6, 6.07) is 24.3. The van der Waals surface area contributed by atoms with E-state index in [4.69, 9.17) is 11.6 Å². The molecule has 3 aromatic carbocycles. The molecular formula is C29H29Cl. The van der Waals surface area contributed by atoms with Crippen LogP contribution in [0.4, 0.5) is 0 Å². The molecule has 2 aliphatic rings. The molecule has 3 aromatic rings. The Balaban J connectivity index is 1.68. The Kier molecular flexibility index (Phi) is 5.07. The minimum Gasteiger partial charge on any atom is -0.0845 e. The molecule has 3 atom stereocenters. The van der Waals surface area contributed by atoms with Gasteiger partial charge in [-0.3, -0.25) is 0 Å². The van der Waals surface area contributed by atoms with E-state index in [1.54, 1.807) is 0 Å². The highest BCUT2D eigenvalue weighted by molar-refractivity contribution is 6.30. The van der Waals surface area contributed by atoms with Gasteiger partial charge in [0, 0.05) is 10.4 Å². The third-order valence-corrected chi connectivity index (χ3v) is 7.57. The van der Waals surface area contributed by atoms with Crippen molar-refractivity contribution in [2.45, 2.75) is 44.9 Å². The molecule has 1 heteroatoms. The van der Waals surface area contributed by atoms with Gasteiger partial charge in [-0.15, -0.1) is 0 Å². The zero-order valence-electron chi connectivity index (χ0n) is 17.9. The zero-order chi connectivity index (χ0) is 20.7. The Labute approximate surface area is 185 Å². The Hall–Kier alpha value is -2.31. The fraction of sp³-hybridized carbons (Fsp3) is 0.310. The Bertz CT molecular complexity index is 1090. The number of hydrogen-bond acceptors (Lipinski definition) is 0. The summed E-state index contributed by atoms with van der Waals surface area (Å²) >= 11 is 6.11. The molecule has 0 amide bonds. The van der Waals surface area contributed by atoms with E-state index in [0.717, 1.165) is 10.9 Å². The number of hydrogen-bond donors (Lipinski definition) is 0. The molecule has 0 bridgehead atoms. The Morgan fingerprint density at radius 1 is 0.900 bits per heavy atom. The van der Waals surface area contributed by atoms with Gasteiger partial charge in [0.2, 0.25) is 0 Å². The molecule has 0 aliphatic heterocycles. The van der Waals surface area contributed by atoms with Gasteiger partial charge in [-0.2, -0.15) is 0 Å². The van der Waals surface area contributed by atoms with E-state index in [1.807, 2.05) is 12.1 Å². The molecule has 0 heterocycles. The quantitative estimate of drug-likeness (QED) is 0.369. The van der Waals surface area contributed by atoms with Gasteiger partial charge in [0.25, 0.3) is 0 Å². The molecule has 152 valence electrons. The number of fused-ring (bicyclic) bond motifs is 5. The topological polar surface area (TPSA) is 0 Å². The lowest BCUT2D eigenvalue weighted by atomic mass is 9.70. The molecule has 0 radical (unpaired) electrons. The maximum Gasteiger partial charge on any atom is 0.0406 e. The van der Waals surface area contributed by atoms with Gasteiger partial charge in [0.05, 0.1) is 0 Å². The van der Waals surface area contributed by atoms with Crippen LogP contribution in [0.2, 0.25) is 5.02 Å². The highest BCUT2D eigenvalue weighted by atomic mass is 35.5. The van der Waals surface area contributed by atoms with Gasteiger partial charge in [-0.05, 0) is 82.7 Å². The van der Waals surface area contributed by atoms with Crippen LogP contribution in [0.15, 0.2) is 78.9 Å². The van der Waals surface area contributed by atoms with Crippen molar-refractivity contribution in [3.05, 3.63) is 95.0 Å². The number of allylic oxidation sites excluding steroid dienone is 2.